The third kappa shape index (κ3) is 2.80. The number of aromatic nitrogens is 2. The second-order valence-corrected chi connectivity index (χ2v) is 3.41. The molecule has 1 heterocycles. The number of aryl methyl sites for hydroxylation is 2. The van der Waals surface area contributed by atoms with Crippen molar-refractivity contribution in [2.75, 3.05) is 13.6 Å². The van der Waals surface area contributed by atoms with Gasteiger partial charge in [0.05, 0.1) is 11.0 Å². The van der Waals surface area contributed by atoms with E-state index in [1.807, 2.05) is 39.2 Å². The number of para-hydroxylation sites is 2. The van der Waals surface area contributed by atoms with Crippen LogP contribution in [-0.4, -0.2) is 23.1 Å². The maximum absolute atomic E-state index is 4.38. The molecule has 2 aromatic rings. The molecule has 0 atom stereocenters. The maximum Gasteiger partial charge on any atom is 0.106 e. The molecule has 3 nitrogen and oxygen atoms in total. The van der Waals surface area contributed by atoms with Crippen LogP contribution in [0.2, 0.25) is 0 Å². The molecule has 82 valence electrons. The topological polar surface area (TPSA) is 29.9 Å². The van der Waals surface area contributed by atoms with Crippen LogP contribution in [0.1, 0.15) is 12.7 Å². The highest BCUT2D eigenvalue weighted by molar-refractivity contribution is 5.75. The minimum Gasteiger partial charge on any atom is -0.331 e. The lowest BCUT2D eigenvalue weighted by atomic mass is 10.3. The quantitative estimate of drug-likeness (QED) is 0.772. The zero-order valence-electron chi connectivity index (χ0n) is 9.91. The summed E-state index contributed by atoms with van der Waals surface area (Å²) in [5.41, 5.74) is 2.28. The van der Waals surface area contributed by atoms with Gasteiger partial charge in [0.25, 0.3) is 0 Å². The molecule has 3 heteroatoms. The van der Waals surface area contributed by atoms with Gasteiger partial charge < -0.3 is 9.88 Å². The summed E-state index contributed by atoms with van der Waals surface area (Å²) in [7, 11) is 3.96. The molecule has 0 bridgehead atoms. The fourth-order valence-electron chi connectivity index (χ4n) is 1.27. The first kappa shape index (κ1) is 11.7. The Morgan fingerprint density at radius 1 is 1.33 bits per heavy atom. The van der Waals surface area contributed by atoms with E-state index in [0.29, 0.717) is 0 Å². The van der Waals surface area contributed by atoms with Gasteiger partial charge in [-0.15, -0.1) is 0 Å². The molecule has 0 fully saturated rings. The Hall–Kier alpha value is -1.35. The van der Waals surface area contributed by atoms with Gasteiger partial charge in [-0.1, -0.05) is 19.1 Å². The van der Waals surface area contributed by atoms with E-state index >= 15 is 0 Å². The molecule has 0 unspecified atom stereocenters. The van der Waals surface area contributed by atoms with Gasteiger partial charge >= 0.3 is 0 Å². The Balaban J connectivity index is 0.000000245. The number of hydrogen-bond donors (Lipinski definition) is 1. The fraction of sp³-hybridized carbons (Fsp3) is 0.417. The summed E-state index contributed by atoms with van der Waals surface area (Å²) in [6.45, 7) is 5.15. The summed E-state index contributed by atoms with van der Waals surface area (Å²) in [4.78, 5) is 4.38. The molecule has 0 saturated carbocycles. The molecular formula is C12H19N3. The lowest BCUT2D eigenvalue weighted by Crippen LogP contribution is -2.01. The summed E-state index contributed by atoms with van der Waals surface area (Å²) in [6.07, 6.45) is 0. The lowest BCUT2D eigenvalue weighted by Gasteiger charge is -1.93. The summed E-state index contributed by atoms with van der Waals surface area (Å²) < 4.78 is 2.09. The molecule has 0 aliphatic heterocycles. The van der Waals surface area contributed by atoms with E-state index < -0.39 is 0 Å². The average Bonchev–Trinajstić information content (AvgIpc) is 2.56. The highest BCUT2D eigenvalue weighted by Gasteiger charge is 2.00. The lowest BCUT2D eigenvalue weighted by molar-refractivity contribution is 0.864. The van der Waals surface area contributed by atoms with Crippen LogP contribution in [0.5, 0.6) is 0 Å². The van der Waals surface area contributed by atoms with Gasteiger partial charge in [-0.3, -0.25) is 0 Å². The second-order valence-electron chi connectivity index (χ2n) is 3.41. The fourth-order valence-corrected chi connectivity index (χ4v) is 1.27. The molecule has 0 aliphatic rings. The molecule has 0 amide bonds. The second kappa shape index (κ2) is 5.51. The van der Waals surface area contributed by atoms with Crippen molar-refractivity contribution in [3.05, 3.63) is 30.1 Å². The minimum absolute atomic E-state index is 1.06. The van der Waals surface area contributed by atoms with Crippen LogP contribution in [0.25, 0.3) is 11.0 Å². The van der Waals surface area contributed by atoms with Crippen LogP contribution in [-0.2, 0) is 7.05 Å². The first-order valence-corrected chi connectivity index (χ1v) is 5.23. The van der Waals surface area contributed by atoms with E-state index in [2.05, 4.69) is 27.9 Å². The maximum atomic E-state index is 4.38. The Labute approximate surface area is 91.1 Å². The third-order valence-electron chi connectivity index (χ3n) is 2.36. The van der Waals surface area contributed by atoms with Crippen molar-refractivity contribution >= 4 is 11.0 Å². The summed E-state index contributed by atoms with van der Waals surface area (Å²) in [6, 6.07) is 8.15. The predicted octanol–water partition coefficient (Wildman–Crippen LogP) is 2.11. The molecule has 0 radical (unpaired) electrons. The Bertz CT molecular complexity index is 416. The number of fused-ring (bicyclic) bond motifs is 1. The Morgan fingerprint density at radius 2 is 1.93 bits per heavy atom. The van der Waals surface area contributed by atoms with Crippen molar-refractivity contribution in [3.63, 3.8) is 0 Å². The molecular weight excluding hydrogens is 186 g/mol. The average molecular weight is 205 g/mol. The Kier molecular flexibility index (Phi) is 4.31. The van der Waals surface area contributed by atoms with Crippen molar-refractivity contribution in [2.45, 2.75) is 13.8 Å². The van der Waals surface area contributed by atoms with Crippen LogP contribution in [0, 0.1) is 6.92 Å². The van der Waals surface area contributed by atoms with Crippen molar-refractivity contribution in [3.8, 4) is 0 Å². The van der Waals surface area contributed by atoms with Crippen molar-refractivity contribution in [2.24, 2.45) is 7.05 Å². The van der Waals surface area contributed by atoms with E-state index in [1.54, 1.807) is 0 Å². The predicted molar refractivity (Wildman–Crippen MR) is 65.1 cm³/mol. The molecule has 1 aromatic carbocycles. The van der Waals surface area contributed by atoms with Gasteiger partial charge in [0.15, 0.2) is 0 Å². The molecule has 1 N–H and O–H groups in total. The SMILES string of the molecule is CCNC.Cc1nc2ccccc2n1C. The molecule has 0 saturated heterocycles. The molecule has 15 heavy (non-hydrogen) atoms. The summed E-state index contributed by atoms with van der Waals surface area (Å²) >= 11 is 0. The highest BCUT2D eigenvalue weighted by Crippen LogP contribution is 2.12. The largest absolute Gasteiger partial charge is 0.331 e. The van der Waals surface area contributed by atoms with Crippen molar-refractivity contribution in [1.29, 1.82) is 0 Å². The van der Waals surface area contributed by atoms with Crippen LogP contribution in [0.3, 0.4) is 0 Å². The van der Waals surface area contributed by atoms with E-state index in [0.717, 1.165) is 17.9 Å². The van der Waals surface area contributed by atoms with Crippen LogP contribution in [0.4, 0.5) is 0 Å². The van der Waals surface area contributed by atoms with Crippen molar-refractivity contribution < 1.29 is 0 Å². The molecule has 0 aliphatic carbocycles. The number of nitrogens with one attached hydrogen (secondary N) is 1. The number of rotatable bonds is 1. The normalized spacial score (nSPS) is 9.87. The molecule has 0 spiro atoms. The Morgan fingerprint density at radius 3 is 2.47 bits per heavy atom. The van der Waals surface area contributed by atoms with Gasteiger partial charge in [0.1, 0.15) is 5.82 Å². The van der Waals surface area contributed by atoms with Gasteiger partial charge in [-0.05, 0) is 32.6 Å². The van der Waals surface area contributed by atoms with Gasteiger partial charge in [-0.25, -0.2) is 4.98 Å². The van der Waals surface area contributed by atoms with Gasteiger partial charge in [-0.2, -0.15) is 0 Å². The van der Waals surface area contributed by atoms with Crippen molar-refractivity contribution in [1.82, 2.24) is 14.9 Å². The number of imidazole rings is 1. The zero-order valence-corrected chi connectivity index (χ0v) is 9.91. The first-order valence-electron chi connectivity index (χ1n) is 5.23. The summed E-state index contributed by atoms with van der Waals surface area (Å²) in [5.74, 6) is 1.06. The zero-order chi connectivity index (χ0) is 11.3. The first-order chi connectivity index (χ1) is 7.20. The number of hydrogen-bond acceptors (Lipinski definition) is 2. The van der Waals surface area contributed by atoms with E-state index in [1.165, 1.54) is 5.52 Å². The molecule has 1 aromatic heterocycles. The monoisotopic (exact) mass is 205 g/mol. The standard InChI is InChI=1S/C9H10N2.C3H9N/c1-7-10-8-5-3-4-6-9(8)11(7)2;1-3-4-2/h3-6H,1-2H3;4H,3H2,1-2H3. The third-order valence-corrected chi connectivity index (χ3v) is 2.36. The minimum atomic E-state index is 1.06. The van der Waals surface area contributed by atoms with Crippen LogP contribution >= 0.6 is 0 Å². The van der Waals surface area contributed by atoms with Gasteiger partial charge in [0, 0.05) is 7.05 Å². The van der Waals surface area contributed by atoms with E-state index in [4.69, 9.17) is 0 Å². The highest BCUT2D eigenvalue weighted by atomic mass is 15.0. The summed E-state index contributed by atoms with van der Waals surface area (Å²) in [5, 5.41) is 2.93. The number of nitrogens with zero attached hydrogens (tertiary/aromatic N) is 2. The van der Waals surface area contributed by atoms with E-state index in [-0.39, 0.29) is 0 Å². The van der Waals surface area contributed by atoms with Crippen LogP contribution in [0.15, 0.2) is 24.3 Å². The smallest absolute Gasteiger partial charge is 0.106 e. The van der Waals surface area contributed by atoms with Crippen LogP contribution < -0.4 is 5.32 Å². The molecule has 2 rings (SSSR count). The van der Waals surface area contributed by atoms with Gasteiger partial charge in [0.2, 0.25) is 0 Å². The number of benzene rings is 1. The van der Waals surface area contributed by atoms with E-state index in [9.17, 15) is 0 Å².